The molecule has 1 atom stereocenters. The molecule has 1 N–H and O–H groups in total. The summed E-state index contributed by atoms with van der Waals surface area (Å²) >= 11 is 6.11. The molecule has 0 aliphatic heterocycles. The fourth-order valence-electron chi connectivity index (χ4n) is 2.34. The van der Waals surface area contributed by atoms with Gasteiger partial charge < -0.3 is 14.8 Å². The topological polar surface area (TPSA) is 64.6 Å². The maximum Gasteiger partial charge on any atom is 0.338 e. The van der Waals surface area contributed by atoms with Crippen molar-refractivity contribution < 1.29 is 19.1 Å². The molecule has 0 aromatic heterocycles. The third-order valence-electron chi connectivity index (χ3n) is 3.55. The lowest BCUT2D eigenvalue weighted by Gasteiger charge is -2.15. The zero-order chi connectivity index (χ0) is 19.1. The van der Waals surface area contributed by atoms with Gasteiger partial charge >= 0.3 is 5.97 Å². The second-order valence-corrected chi connectivity index (χ2v) is 6.49. The van der Waals surface area contributed by atoms with E-state index in [2.05, 4.69) is 5.32 Å². The van der Waals surface area contributed by atoms with E-state index in [0.717, 1.165) is 5.56 Å². The van der Waals surface area contributed by atoms with Gasteiger partial charge in [-0.2, -0.15) is 0 Å². The van der Waals surface area contributed by atoms with E-state index in [1.54, 1.807) is 30.3 Å². The van der Waals surface area contributed by atoms with Crippen LogP contribution in [0, 0.1) is 0 Å². The molecule has 0 saturated carbocycles. The van der Waals surface area contributed by atoms with Gasteiger partial charge in [-0.3, -0.25) is 4.79 Å². The molecule has 0 fully saturated rings. The van der Waals surface area contributed by atoms with Crippen molar-refractivity contribution in [3.8, 4) is 5.75 Å². The van der Waals surface area contributed by atoms with Gasteiger partial charge in [0.05, 0.1) is 17.7 Å². The van der Waals surface area contributed by atoms with Crippen LogP contribution >= 0.6 is 11.6 Å². The van der Waals surface area contributed by atoms with Crippen molar-refractivity contribution in [2.75, 3.05) is 6.61 Å². The highest BCUT2D eigenvalue weighted by molar-refractivity contribution is 6.31. The van der Waals surface area contributed by atoms with Gasteiger partial charge in [0.25, 0.3) is 5.91 Å². The van der Waals surface area contributed by atoms with E-state index >= 15 is 0 Å². The Bertz CT molecular complexity index is 759. The zero-order valence-electron chi connectivity index (χ0n) is 15.0. The van der Waals surface area contributed by atoms with Crippen molar-refractivity contribution in [3.63, 3.8) is 0 Å². The normalized spacial score (nSPS) is 11.7. The van der Waals surface area contributed by atoms with Crippen LogP contribution in [0.5, 0.6) is 5.75 Å². The van der Waals surface area contributed by atoms with Gasteiger partial charge in [-0.05, 0) is 56.7 Å². The molecule has 0 aliphatic rings. The van der Waals surface area contributed by atoms with E-state index in [-0.39, 0.29) is 18.8 Å². The van der Waals surface area contributed by atoms with Crippen molar-refractivity contribution in [2.24, 2.45) is 0 Å². The Morgan fingerprint density at radius 1 is 1.04 bits per heavy atom. The molecular formula is C20H22ClNO4. The van der Waals surface area contributed by atoms with Crippen LogP contribution in [0.3, 0.4) is 0 Å². The third kappa shape index (κ3) is 5.77. The van der Waals surface area contributed by atoms with Crippen molar-refractivity contribution >= 4 is 23.5 Å². The number of rotatable bonds is 7. The maximum absolute atomic E-state index is 12.0. The SMILES string of the molecule is CC(C)Oc1ccc(C(=O)OCC(=O)N[C@@H](C)c2ccccc2Cl)cc1. The van der Waals surface area contributed by atoms with Crippen molar-refractivity contribution in [3.05, 3.63) is 64.7 Å². The average molecular weight is 376 g/mol. The van der Waals surface area contributed by atoms with Gasteiger partial charge in [0.2, 0.25) is 0 Å². The third-order valence-corrected chi connectivity index (χ3v) is 3.89. The molecule has 5 nitrogen and oxygen atoms in total. The summed E-state index contributed by atoms with van der Waals surface area (Å²) in [4.78, 5) is 24.0. The summed E-state index contributed by atoms with van der Waals surface area (Å²) in [6.45, 7) is 5.29. The molecular weight excluding hydrogens is 354 g/mol. The van der Waals surface area contributed by atoms with E-state index in [1.807, 2.05) is 39.0 Å². The molecule has 0 radical (unpaired) electrons. The lowest BCUT2D eigenvalue weighted by atomic mass is 10.1. The Hall–Kier alpha value is -2.53. The summed E-state index contributed by atoms with van der Waals surface area (Å²) in [5, 5.41) is 3.32. The monoisotopic (exact) mass is 375 g/mol. The summed E-state index contributed by atoms with van der Waals surface area (Å²) in [6.07, 6.45) is 0.0524. The molecule has 0 heterocycles. The number of hydrogen-bond acceptors (Lipinski definition) is 4. The van der Waals surface area contributed by atoms with Crippen LogP contribution < -0.4 is 10.1 Å². The van der Waals surface area contributed by atoms with Crippen LogP contribution in [0.1, 0.15) is 42.7 Å². The zero-order valence-corrected chi connectivity index (χ0v) is 15.7. The first-order valence-electron chi connectivity index (χ1n) is 8.34. The Morgan fingerprint density at radius 3 is 2.31 bits per heavy atom. The highest BCUT2D eigenvalue weighted by Gasteiger charge is 2.15. The Kier molecular flexibility index (Phi) is 7.04. The minimum atomic E-state index is -0.568. The lowest BCUT2D eigenvalue weighted by Crippen LogP contribution is -2.31. The standard InChI is InChI=1S/C20H22ClNO4/c1-13(2)26-16-10-8-15(9-11-16)20(24)25-12-19(23)22-14(3)17-6-4-5-7-18(17)21/h4-11,13-14H,12H2,1-3H3,(H,22,23)/t14-/m0/s1. The van der Waals surface area contributed by atoms with Gasteiger partial charge in [0.15, 0.2) is 6.61 Å². The number of ether oxygens (including phenoxy) is 2. The van der Waals surface area contributed by atoms with E-state index in [0.29, 0.717) is 16.3 Å². The molecule has 0 aliphatic carbocycles. The predicted octanol–water partition coefficient (Wildman–Crippen LogP) is 4.16. The van der Waals surface area contributed by atoms with E-state index in [1.165, 1.54) is 0 Å². The molecule has 26 heavy (non-hydrogen) atoms. The Labute approximate surface area is 158 Å². The fourth-order valence-corrected chi connectivity index (χ4v) is 2.64. The van der Waals surface area contributed by atoms with E-state index in [9.17, 15) is 9.59 Å². The van der Waals surface area contributed by atoms with Crippen LogP contribution in [-0.4, -0.2) is 24.6 Å². The van der Waals surface area contributed by atoms with Crippen molar-refractivity contribution in [1.29, 1.82) is 0 Å². The van der Waals surface area contributed by atoms with Crippen LogP contribution in [0.25, 0.3) is 0 Å². The second kappa shape index (κ2) is 9.25. The van der Waals surface area contributed by atoms with Gasteiger partial charge in [-0.1, -0.05) is 29.8 Å². The fraction of sp³-hybridized carbons (Fsp3) is 0.300. The minimum Gasteiger partial charge on any atom is -0.491 e. The summed E-state index contributed by atoms with van der Waals surface area (Å²) < 4.78 is 10.6. The van der Waals surface area contributed by atoms with Gasteiger partial charge in [0.1, 0.15) is 5.75 Å². The summed E-state index contributed by atoms with van der Waals surface area (Å²) in [5.74, 6) is -0.296. The minimum absolute atomic E-state index is 0.0524. The summed E-state index contributed by atoms with van der Waals surface area (Å²) in [7, 11) is 0. The largest absolute Gasteiger partial charge is 0.491 e. The molecule has 2 aromatic rings. The van der Waals surface area contributed by atoms with Gasteiger partial charge in [-0.15, -0.1) is 0 Å². The Balaban J connectivity index is 1.85. The summed E-state index contributed by atoms with van der Waals surface area (Å²) in [6, 6.07) is 13.5. The van der Waals surface area contributed by atoms with Crippen LogP contribution in [0.2, 0.25) is 5.02 Å². The molecule has 1 amide bonds. The van der Waals surface area contributed by atoms with Gasteiger partial charge in [0, 0.05) is 5.02 Å². The van der Waals surface area contributed by atoms with Crippen molar-refractivity contribution in [2.45, 2.75) is 32.9 Å². The smallest absolute Gasteiger partial charge is 0.338 e. The van der Waals surface area contributed by atoms with Gasteiger partial charge in [-0.25, -0.2) is 4.79 Å². The molecule has 0 spiro atoms. The number of halogens is 1. The van der Waals surface area contributed by atoms with E-state index in [4.69, 9.17) is 21.1 Å². The molecule has 2 rings (SSSR count). The number of carbonyl (C=O) groups excluding carboxylic acids is 2. The quantitative estimate of drug-likeness (QED) is 0.738. The Morgan fingerprint density at radius 2 is 1.69 bits per heavy atom. The molecule has 2 aromatic carbocycles. The van der Waals surface area contributed by atoms with Crippen LogP contribution in [0.15, 0.2) is 48.5 Å². The predicted molar refractivity (Wildman–Crippen MR) is 100 cm³/mol. The molecule has 138 valence electrons. The molecule has 0 bridgehead atoms. The number of nitrogens with one attached hydrogen (secondary N) is 1. The van der Waals surface area contributed by atoms with Crippen LogP contribution in [-0.2, 0) is 9.53 Å². The second-order valence-electron chi connectivity index (χ2n) is 6.08. The molecule has 0 unspecified atom stereocenters. The highest BCUT2D eigenvalue weighted by atomic mass is 35.5. The lowest BCUT2D eigenvalue weighted by molar-refractivity contribution is -0.124. The highest BCUT2D eigenvalue weighted by Crippen LogP contribution is 2.22. The average Bonchev–Trinajstić information content (AvgIpc) is 2.60. The summed E-state index contributed by atoms with van der Waals surface area (Å²) in [5.41, 5.74) is 1.16. The van der Waals surface area contributed by atoms with E-state index < -0.39 is 11.9 Å². The molecule has 6 heteroatoms. The number of hydrogen-bond donors (Lipinski definition) is 1. The van der Waals surface area contributed by atoms with Crippen molar-refractivity contribution in [1.82, 2.24) is 5.32 Å². The number of esters is 1. The number of benzene rings is 2. The first-order valence-corrected chi connectivity index (χ1v) is 8.72. The maximum atomic E-state index is 12.0. The first-order chi connectivity index (χ1) is 12.4. The number of carbonyl (C=O) groups is 2. The van der Waals surface area contributed by atoms with Crippen LogP contribution in [0.4, 0.5) is 0 Å². The number of amides is 1. The molecule has 0 saturated heterocycles. The first kappa shape index (κ1) is 19.8.